The number of hydrogen-bond acceptors (Lipinski definition) is 4. The Balaban J connectivity index is 1.64. The first-order valence-electron chi connectivity index (χ1n) is 10.1. The lowest BCUT2D eigenvalue weighted by molar-refractivity contribution is -0.122. The van der Waals surface area contributed by atoms with Crippen LogP contribution in [0.25, 0.3) is 0 Å². The van der Waals surface area contributed by atoms with E-state index in [1.807, 2.05) is 30.7 Å². The standard InChI is InChI=1S/C23H31N3O3/c1-14(2)11-18-15(3)25-26(16(18)4)10-9-23(27)24-20-8-7-17-12-21(28-5)22(29-6)13-19(17)20/h12-13,20H,1,7-11H2,2-6H3,(H,24,27)/t20-/m0/s1. The van der Waals surface area contributed by atoms with E-state index in [1.165, 1.54) is 11.1 Å². The Hall–Kier alpha value is -2.76. The van der Waals surface area contributed by atoms with Gasteiger partial charge in [-0.15, -0.1) is 0 Å². The highest BCUT2D eigenvalue weighted by atomic mass is 16.5. The highest BCUT2D eigenvalue weighted by molar-refractivity contribution is 5.76. The van der Waals surface area contributed by atoms with E-state index in [1.54, 1.807) is 14.2 Å². The fraction of sp³-hybridized carbons (Fsp3) is 0.478. The second kappa shape index (κ2) is 8.72. The van der Waals surface area contributed by atoms with Crippen molar-refractivity contribution in [2.24, 2.45) is 0 Å². The smallest absolute Gasteiger partial charge is 0.222 e. The van der Waals surface area contributed by atoms with Crippen LogP contribution in [-0.4, -0.2) is 29.9 Å². The Morgan fingerprint density at radius 2 is 1.97 bits per heavy atom. The van der Waals surface area contributed by atoms with E-state index >= 15 is 0 Å². The van der Waals surface area contributed by atoms with Gasteiger partial charge in [0.05, 0.1) is 26.0 Å². The van der Waals surface area contributed by atoms with Crippen LogP contribution in [0, 0.1) is 13.8 Å². The number of nitrogens with zero attached hydrogens (tertiary/aromatic N) is 2. The predicted octanol–water partition coefficient (Wildman–Crippen LogP) is 3.83. The monoisotopic (exact) mass is 397 g/mol. The fourth-order valence-corrected chi connectivity index (χ4v) is 4.07. The van der Waals surface area contributed by atoms with E-state index in [9.17, 15) is 4.79 Å². The third-order valence-electron chi connectivity index (χ3n) is 5.62. The molecule has 1 aromatic carbocycles. The maximum absolute atomic E-state index is 12.6. The summed E-state index contributed by atoms with van der Waals surface area (Å²) >= 11 is 0. The number of nitrogens with one attached hydrogen (secondary N) is 1. The molecular formula is C23H31N3O3. The van der Waals surface area contributed by atoms with Crippen molar-refractivity contribution < 1.29 is 14.3 Å². The molecule has 1 N–H and O–H groups in total. The maximum Gasteiger partial charge on any atom is 0.222 e. The van der Waals surface area contributed by atoms with Crippen LogP contribution in [0.1, 0.15) is 53.9 Å². The number of benzene rings is 1. The van der Waals surface area contributed by atoms with Gasteiger partial charge < -0.3 is 14.8 Å². The van der Waals surface area contributed by atoms with Gasteiger partial charge in [-0.1, -0.05) is 12.2 Å². The van der Waals surface area contributed by atoms with Crippen molar-refractivity contribution in [1.29, 1.82) is 0 Å². The minimum atomic E-state index is 0.0109. The molecule has 6 heteroatoms. The Labute approximate surface area is 172 Å². The number of allylic oxidation sites excluding steroid dienone is 1. The van der Waals surface area contributed by atoms with Gasteiger partial charge in [-0.3, -0.25) is 9.48 Å². The highest BCUT2D eigenvalue weighted by Crippen LogP contribution is 2.39. The lowest BCUT2D eigenvalue weighted by atomic mass is 10.1. The quantitative estimate of drug-likeness (QED) is 0.688. The molecule has 156 valence electrons. The summed E-state index contributed by atoms with van der Waals surface area (Å²) in [5.41, 5.74) is 6.77. The predicted molar refractivity (Wildman–Crippen MR) is 114 cm³/mol. The third-order valence-corrected chi connectivity index (χ3v) is 5.62. The van der Waals surface area contributed by atoms with Crippen molar-refractivity contribution in [3.05, 3.63) is 52.4 Å². The summed E-state index contributed by atoms with van der Waals surface area (Å²) in [7, 11) is 3.27. The summed E-state index contributed by atoms with van der Waals surface area (Å²) in [5.74, 6) is 1.46. The first-order chi connectivity index (χ1) is 13.8. The summed E-state index contributed by atoms with van der Waals surface area (Å²) in [6.07, 6.45) is 3.03. The van der Waals surface area contributed by atoms with Crippen molar-refractivity contribution >= 4 is 5.91 Å². The molecule has 0 unspecified atom stereocenters. The number of carbonyl (C=O) groups excluding carboxylic acids is 1. The minimum Gasteiger partial charge on any atom is -0.493 e. The van der Waals surface area contributed by atoms with E-state index in [-0.39, 0.29) is 11.9 Å². The van der Waals surface area contributed by atoms with E-state index in [4.69, 9.17) is 9.47 Å². The number of ether oxygens (including phenoxy) is 2. The molecule has 29 heavy (non-hydrogen) atoms. The SMILES string of the molecule is C=C(C)Cc1c(C)nn(CCC(=O)N[C@H]2CCc3cc(OC)c(OC)cc32)c1C. The van der Waals surface area contributed by atoms with Crippen molar-refractivity contribution in [1.82, 2.24) is 15.1 Å². The normalized spacial score (nSPS) is 15.1. The van der Waals surface area contributed by atoms with Gasteiger partial charge in [0.2, 0.25) is 5.91 Å². The summed E-state index contributed by atoms with van der Waals surface area (Å²) in [5, 5.41) is 7.79. The maximum atomic E-state index is 12.6. The summed E-state index contributed by atoms with van der Waals surface area (Å²) < 4.78 is 12.7. The van der Waals surface area contributed by atoms with Gasteiger partial charge in [0.25, 0.3) is 0 Å². The van der Waals surface area contributed by atoms with Crippen LogP contribution >= 0.6 is 0 Å². The van der Waals surface area contributed by atoms with Gasteiger partial charge in [0.1, 0.15) is 0 Å². The van der Waals surface area contributed by atoms with Gasteiger partial charge >= 0.3 is 0 Å². The average molecular weight is 398 g/mol. The van der Waals surface area contributed by atoms with Gasteiger partial charge in [-0.2, -0.15) is 5.10 Å². The molecule has 0 saturated carbocycles. The minimum absolute atomic E-state index is 0.0109. The van der Waals surface area contributed by atoms with E-state index in [0.29, 0.717) is 18.7 Å². The van der Waals surface area contributed by atoms with Gasteiger partial charge in [-0.05, 0) is 68.9 Å². The zero-order valence-electron chi connectivity index (χ0n) is 18.1. The molecule has 0 radical (unpaired) electrons. The highest BCUT2D eigenvalue weighted by Gasteiger charge is 2.26. The molecule has 2 aromatic rings. The number of hydrogen-bond donors (Lipinski definition) is 1. The van der Waals surface area contributed by atoms with Crippen molar-refractivity contribution in [3.63, 3.8) is 0 Å². The molecule has 1 heterocycles. The second-order valence-electron chi connectivity index (χ2n) is 7.82. The molecular weight excluding hydrogens is 366 g/mol. The molecule has 1 amide bonds. The van der Waals surface area contributed by atoms with Crippen LogP contribution < -0.4 is 14.8 Å². The third kappa shape index (κ3) is 4.47. The molecule has 0 fully saturated rings. The lowest BCUT2D eigenvalue weighted by Gasteiger charge is -2.16. The number of methoxy groups -OCH3 is 2. The molecule has 1 aliphatic carbocycles. The Morgan fingerprint density at radius 3 is 2.62 bits per heavy atom. The zero-order valence-corrected chi connectivity index (χ0v) is 18.1. The average Bonchev–Trinajstić information content (AvgIpc) is 3.19. The zero-order chi connectivity index (χ0) is 21.1. The Morgan fingerprint density at radius 1 is 1.28 bits per heavy atom. The van der Waals surface area contributed by atoms with Crippen LogP contribution in [0.5, 0.6) is 11.5 Å². The fourth-order valence-electron chi connectivity index (χ4n) is 4.07. The van der Waals surface area contributed by atoms with Crippen molar-refractivity contribution in [3.8, 4) is 11.5 Å². The molecule has 0 spiro atoms. The molecule has 1 atom stereocenters. The molecule has 0 bridgehead atoms. The molecule has 1 aliphatic rings. The number of fused-ring (bicyclic) bond motifs is 1. The number of amides is 1. The van der Waals surface area contributed by atoms with Crippen LogP contribution in [0.3, 0.4) is 0 Å². The second-order valence-corrected chi connectivity index (χ2v) is 7.82. The number of rotatable bonds is 8. The summed E-state index contributed by atoms with van der Waals surface area (Å²) in [6, 6.07) is 4.01. The molecule has 3 rings (SSSR count). The molecule has 1 aromatic heterocycles. The molecule has 0 aliphatic heterocycles. The van der Waals surface area contributed by atoms with Gasteiger partial charge in [0, 0.05) is 18.7 Å². The van der Waals surface area contributed by atoms with E-state index in [0.717, 1.165) is 47.5 Å². The van der Waals surface area contributed by atoms with Crippen LogP contribution in [0.15, 0.2) is 24.3 Å². The number of aromatic nitrogens is 2. The Kier molecular flexibility index (Phi) is 6.30. The number of carbonyl (C=O) groups is 1. The summed E-state index contributed by atoms with van der Waals surface area (Å²) in [4.78, 5) is 12.6. The van der Waals surface area contributed by atoms with Gasteiger partial charge in [0.15, 0.2) is 11.5 Å². The van der Waals surface area contributed by atoms with E-state index in [2.05, 4.69) is 23.9 Å². The lowest BCUT2D eigenvalue weighted by Crippen LogP contribution is -2.28. The Bertz CT molecular complexity index is 930. The first kappa shape index (κ1) is 21.0. The van der Waals surface area contributed by atoms with Gasteiger partial charge in [-0.25, -0.2) is 0 Å². The van der Waals surface area contributed by atoms with Crippen molar-refractivity contribution in [2.75, 3.05) is 14.2 Å². The largest absolute Gasteiger partial charge is 0.493 e. The first-order valence-corrected chi connectivity index (χ1v) is 10.1. The van der Waals surface area contributed by atoms with Crippen LogP contribution in [-0.2, 0) is 24.2 Å². The van der Waals surface area contributed by atoms with Crippen LogP contribution in [0.2, 0.25) is 0 Å². The molecule has 0 saturated heterocycles. The topological polar surface area (TPSA) is 65.4 Å². The van der Waals surface area contributed by atoms with Crippen LogP contribution in [0.4, 0.5) is 0 Å². The van der Waals surface area contributed by atoms with Crippen molar-refractivity contribution in [2.45, 2.75) is 59.0 Å². The summed E-state index contributed by atoms with van der Waals surface area (Å²) in [6.45, 7) is 10.7. The number of aryl methyl sites for hydroxylation is 3. The molecule has 6 nitrogen and oxygen atoms in total. The van der Waals surface area contributed by atoms with E-state index < -0.39 is 0 Å².